The van der Waals surface area contributed by atoms with E-state index in [9.17, 15) is 5.11 Å². The largest absolute Gasteiger partial charge is 0.395 e. The molecule has 67 valence electrons. The van der Waals surface area contributed by atoms with Crippen LogP contribution in [0.4, 0.5) is 0 Å². The maximum atomic E-state index is 10.1. The number of rotatable bonds is 6. The molecule has 4 nitrogen and oxygen atoms in total. The highest BCUT2D eigenvalue weighted by molar-refractivity contribution is 4.59. The third-order valence-electron chi connectivity index (χ3n) is 1.46. The lowest BCUT2D eigenvalue weighted by Crippen LogP contribution is -2.31. The van der Waals surface area contributed by atoms with Gasteiger partial charge in [-0.25, -0.2) is 5.11 Å². The van der Waals surface area contributed by atoms with E-state index < -0.39 is 6.10 Å². The van der Waals surface area contributed by atoms with Crippen LogP contribution in [0.2, 0.25) is 0 Å². The highest BCUT2D eigenvalue weighted by Gasteiger charge is 2.06. The van der Waals surface area contributed by atoms with Gasteiger partial charge >= 0.3 is 0 Å². The average Bonchev–Trinajstić information content (AvgIpc) is 1.87. The van der Waals surface area contributed by atoms with Crippen LogP contribution in [-0.2, 0) is 5.11 Å². The zero-order valence-corrected chi connectivity index (χ0v) is 6.86. The average molecular weight is 162 g/mol. The molecule has 0 fully saturated rings. The van der Waals surface area contributed by atoms with E-state index in [1.54, 1.807) is 11.9 Å². The van der Waals surface area contributed by atoms with Gasteiger partial charge in [0, 0.05) is 19.5 Å². The van der Waals surface area contributed by atoms with Crippen molar-refractivity contribution in [3.8, 4) is 0 Å². The van der Waals surface area contributed by atoms with Gasteiger partial charge in [0.1, 0.15) is 0 Å². The van der Waals surface area contributed by atoms with Crippen LogP contribution in [0.25, 0.3) is 0 Å². The second-order valence-corrected chi connectivity index (χ2v) is 2.63. The zero-order valence-electron chi connectivity index (χ0n) is 6.86. The molecule has 0 aromatic carbocycles. The number of hydrogen-bond donors (Lipinski definition) is 2. The molecule has 0 saturated heterocycles. The lowest BCUT2D eigenvalue weighted by Gasteiger charge is -2.18. The summed E-state index contributed by atoms with van der Waals surface area (Å²) >= 11 is 0. The molecule has 1 atom stereocenters. The first-order chi connectivity index (χ1) is 5.20. The molecule has 4 heteroatoms. The Morgan fingerprint density at radius 1 is 1.55 bits per heavy atom. The van der Waals surface area contributed by atoms with E-state index in [0.29, 0.717) is 13.1 Å². The summed E-state index contributed by atoms with van der Waals surface area (Å²) in [6, 6.07) is 0. The van der Waals surface area contributed by atoms with Crippen LogP contribution >= 0.6 is 0 Å². The number of likely N-dealkylation sites (N-methyl/N-ethyl adjacent to an activating group) is 1. The standard InChI is InChI=1S/C7H16NO3/c1-8(3-5-10)6-7(11)2-4-9/h7,10-11H,2-6H2,1H3. The molecule has 0 aliphatic heterocycles. The maximum absolute atomic E-state index is 10.1. The maximum Gasteiger partial charge on any atom is 0.0847 e. The Morgan fingerprint density at radius 2 is 2.18 bits per heavy atom. The van der Waals surface area contributed by atoms with Gasteiger partial charge in [-0.1, -0.05) is 0 Å². The Balaban J connectivity index is 3.32. The van der Waals surface area contributed by atoms with Crippen molar-refractivity contribution in [1.29, 1.82) is 0 Å². The number of aliphatic hydroxyl groups excluding tert-OH is 2. The molecule has 0 aromatic heterocycles. The first-order valence-electron chi connectivity index (χ1n) is 3.76. The molecular weight excluding hydrogens is 146 g/mol. The van der Waals surface area contributed by atoms with Gasteiger partial charge in [0.25, 0.3) is 0 Å². The lowest BCUT2D eigenvalue weighted by atomic mass is 10.2. The van der Waals surface area contributed by atoms with E-state index in [-0.39, 0.29) is 19.6 Å². The van der Waals surface area contributed by atoms with E-state index in [0.717, 1.165) is 0 Å². The minimum atomic E-state index is -0.552. The second kappa shape index (κ2) is 6.54. The quantitative estimate of drug-likeness (QED) is 0.531. The SMILES string of the molecule is CN(CCO)CC(O)CC[O]. The summed E-state index contributed by atoms with van der Waals surface area (Å²) in [6.45, 7) is 0.841. The Bertz CT molecular complexity index is 79.8. The predicted molar refractivity (Wildman–Crippen MR) is 40.8 cm³/mol. The fourth-order valence-electron chi connectivity index (χ4n) is 0.849. The molecule has 0 spiro atoms. The van der Waals surface area contributed by atoms with Crippen molar-refractivity contribution >= 4 is 0 Å². The molecule has 1 radical (unpaired) electrons. The first-order valence-corrected chi connectivity index (χ1v) is 3.76. The molecule has 0 aliphatic carbocycles. The fraction of sp³-hybridized carbons (Fsp3) is 1.00. The molecule has 0 rings (SSSR count). The van der Waals surface area contributed by atoms with Gasteiger partial charge in [-0.05, 0) is 7.05 Å². The Kier molecular flexibility index (Phi) is 6.45. The summed E-state index contributed by atoms with van der Waals surface area (Å²) in [4.78, 5) is 1.79. The molecule has 0 aliphatic rings. The number of aliphatic hydroxyl groups is 2. The van der Waals surface area contributed by atoms with Gasteiger partial charge in [0.05, 0.1) is 19.3 Å². The van der Waals surface area contributed by atoms with Crippen molar-refractivity contribution in [3.05, 3.63) is 0 Å². The third-order valence-corrected chi connectivity index (χ3v) is 1.46. The van der Waals surface area contributed by atoms with Gasteiger partial charge in [0.2, 0.25) is 0 Å². The molecule has 11 heavy (non-hydrogen) atoms. The monoisotopic (exact) mass is 162 g/mol. The molecular formula is C7H16NO3. The van der Waals surface area contributed by atoms with E-state index in [1.165, 1.54) is 0 Å². The van der Waals surface area contributed by atoms with Crippen molar-refractivity contribution in [1.82, 2.24) is 4.90 Å². The van der Waals surface area contributed by atoms with Crippen molar-refractivity contribution in [2.45, 2.75) is 12.5 Å². The van der Waals surface area contributed by atoms with Crippen molar-refractivity contribution in [2.24, 2.45) is 0 Å². The van der Waals surface area contributed by atoms with Crippen LogP contribution in [0.3, 0.4) is 0 Å². The van der Waals surface area contributed by atoms with Crippen molar-refractivity contribution in [3.63, 3.8) is 0 Å². The normalized spacial score (nSPS) is 13.9. The van der Waals surface area contributed by atoms with Gasteiger partial charge in [0.15, 0.2) is 0 Å². The third kappa shape index (κ3) is 6.25. The summed E-state index contributed by atoms with van der Waals surface area (Å²) in [5, 5.41) is 27.7. The van der Waals surface area contributed by atoms with Crippen LogP contribution < -0.4 is 0 Å². The summed E-state index contributed by atoms with van der Waals surface area (Å²) < 4.78 is 0. The van der Waals surface area contributed by atoms with Crippen LogP contribution in [-0.4, -0.2) is 54.6 Å². The number of hydrogen-bond acceptors (Lipinski definition) is 3. The van der Waals surface area contributed by atoms with Crippen molar-refractivity contribution < 1.29 is 15.3 Å². The summed E-state index contributed by atoms with van der Waals surface area (Å²) in [5.41, 5.74) is 0. The summed E-state index contributed by atoms with van der Waals surface area (Å²) in [6.07, 6.45) is -0.264. The van der Waals surface area contributed by atoms with Crippen LogP contribution in [0.15, 0.2) is 0 Å². The minimum Gasteiger partial charge on any atom is -0.395 e. The summed E-state index contributed by atoms with van der Waals surface area (Å²) in [7, 11) is 1.80. The van der Waals surface area contributed by atoms with Gasteiger partial charge in [-0.2, -0.15) is 0 Å². The van der Waals surface area contributed by atoms with E-state index in [1.807, 2.05) is 0 Å². The molecule has 1 unspecified atom stereocenters. The van der Waals surface area contributed by atoms with Gasteiger partial charge in [-0.3, -0.25) is 0 Å². The van der Waals surface area contributed by atoms with E-state index >= 15 is 0 Å². The summed E-state index contributed by atoms with van der Waals surface area (Å²) in [5.74, 6) is 0. The zero-order chi connectivity index (χ0) is 8.69. The molecule has 0 heterocycles. The Labute approximate surface area is 67.1 Å². The molecule has 2 N–H and O–H groups in total. The van der Waals surface area contributed by atoms with Gasteiger partial charge in [-0.15, -0.1) is 0 Å². The van der Waals surface area contributed by atoms with Crippen LogP contribution in [0.1, 0.15) is 6.42 Å². The number of nitrogens with zero attached hydrogens (tertiary/aromatic N) is 1. The molecule has 0 bridgehead atoms. The van der Waals surface area contributed by atoms with Crippen LogP contribution in [0.5, 0.6) is 0 Å². The highest BCUT2D eigenvalue weighted by Crippen LogP contribution is 1.93. The van der Waals surface area contributed by atoms with Crippen LogP contribution in [0, 0.1) is 0 Å². The predicted octanol–water partition coefficient (Wildman–Crippen LogP) is -0.908. The van der Waals surface area contributed by atoms with Gasteiger partial charge < -0.3 is 15.1 Å². The smallest absolute Gasteiger partial charge is 0.0847 e. The highest BCUT2D eigenvalue weighted by atomic mass is 16.3. The minimum absolute atomic E-state index is 0.0839. The van der Waals surface area contributed by atoms with E-state index in [2.05, 4.69) is 0 Å². The molecule has 0 amide bonds. The fourth-order valence-corrected chi connectivity index (χ4v) is 0.849. The Morgan fingerprint density at radius 3 is 2.64 bits per heavy atom. The molecule has 0 aromatic rings. The second-order valence-electron chi connectivity index (χ2n) is 2.63. The van der Waals surface area contributed by atoms with Crippen molar-refractivity contribution in [2.75, 3.05) is 33.4 Å². The first kappa shape index (κ1) is 10.8. The van der Waals surface area contributed by atoms with E-state index in [4.69, 9.17) is 10.2 Å². The Hall–Kier alpha value is -0.160. The molecule has 0 saturated carbocycles. The lowest BCUT2D eigenvalue weighted by molar-refractivity contribution is 0.0743. The topological polar surface area (TPSA) is 63.6 Å².